The van der Waals surface area contributed by atoms with Crippen LogP contribution in [0.2, 0.25) is 0 Å². The van der Waals surface area contributed by atoms with Crippen molar-refractivity contribution in [2.75, 3.05) is 23.3 Å². The van der Waals surface area contributed by atoms with Gasteiger partial charge in [0.05, 0.1) is 5.69 Å². The first kappa shape index (κ1) is 12.8. The highest BCUT2D eigenvalue weighted by molar-refractivity contribution is 5.66. The molecule has 2 fully saturated rings. The Kier molecular flexibility index (Phi) is 3.90. The van der Waals surface area contributed by atoms with Crippen LogP contribution in [0.1, 0.15) is 45.4 Å². The van der Waals surface area contributed by atoms with Crippen molar-refractivity contribution in [3.8, 4) is 0 Å². The van der Waals surface area contributed by atoms with Crippen molar-refractivity contribution in [2.45, 2.75) is 51.5 Å². The van der Waals surface area contributed by atoms with E-state index in [1.165, 1.54) is 50.0 Å². The van der Waals surface area contributed by atoms with Crippen molar-refractivity contribution < 1.29 is 0 Å². The SMILES string of the molecule is CCC1CCC(Nc2cccnc2N2CCCC2)C1. The van der Waals surface area contributed by atoms with Gasteiger partial charge < -0.3 is 10.2 Å². The largest absolute Gasteiger partial charge is 0.379 e. The Morgan fingerprint density at radius 1 is 1.32 bits per heavy atom. The molecule has 104 valence electrons. The predicted molar refractivity (Wildman–Crippen MR) is 80.7 cm³/mol. The Morgan fingerprint density at radius 2 is 2.16 bits per heavy atom. The summed E-state index contributed by atoms with van der Waals surface area (Å²) in [6.07, 6.45) is 9.87. The van der Waals surface area contributed by atoms with Gasteiger partial charge in [0.25, 0.3) is 0 Å². The Morgan fingerprint density at radius 3 is 2.89 bits per heavy atom. The molecule has 0 spiro atoms. The summed E-state index contributed by atoms with van der Waals surface area (Å²) >= 11 is 0. The van der Waals surface area contributed by atoms with Crippen LogP contribution < -0.4 is 10.2 Å². The highest BCUT2D eigenvalue weighted by Crippen LogP contribution is 2.33. The number of rotatable bonds is 4. The molecule has 0 bridgehead atoms. The molecule has 3 nitrogen and oxygen atoms in total. The normalized spacial score (nSPS) is 26.9. The molecule has 0 amide bonds. The summed E-state index contributed by atoms with van der Waals surface area (Å²) in [5.74, 6) is 2.09. The lowest BCUT2D eigenvalue weighted by atomic mass is 10.1. The lowest BCUT2D eigenvalue weighted by Crippen LogP contribution is -2.23. The number of nitrogens with zero attached hydrogens (tertiary/aromatic N) is 2. The first-order valence-corrected chi connectivity index (χ1v) is 7.83. The summed E-state index contributed by atoms with van der Waals surface area (Å²) < 4.78 is 0. The number of anilines is 2. The Hall–Kier alpha value is -1.25. The monoisotopic (exact) mass is 259 g/mol. The van der Waals surface area contributed by atoms with E-state index in [0.717, 1.165) is 19.0 Å². The first-order valence-electron chi connectivity index (χ1n) is 7.83. The minimum Gasteiger partial charge on any atom is -0.379 e. The molecule has 19 heavy (non-hydrogen) atoms. The second-order valence-electron chi connectivity index (χ2n) is 6.00. The lowest BCUT2D eigenvalue weighted by Gasteiger charge is -2.22. The number of aromatic nitrogens is 1. The maximum atomic E-state index is 4.61. The maximum Gasteiger partial charge on any atom is 0.151 e. The minimum absolute atomic E-state index is 0.649. The average molecular weight is 259 g/mol. The van der Waals surface area contributed by atoms with Gasteiger partial charge in [-0.05, 0) is 50.2 Å². The zero-order chi connectivity index (χ0) is 13.1. The Bertz CT molecular complexity index is 412. The highest BCUT2D eigenvalue weighted by atomic mass is 15.2. The van der Waals surface area contributed by atoms with Crippen LogP contribution in [0.5, 0.6) is 0 Å². The van der Waals surface area contributed by atoms with E-state index in [1.54, 1.807) is 0 Å². The molecule has 2 atom stereocenters. The topological polar surface area (TPSA) is 28.2 Å². The van der Waals surface area contributed by atoms with Gasteiger partial charge in [-0.25, -0.2) is 4.98 Å². The van der Waals surface area contributed by atoms with Crippen LogP contribution >= 0.6 is 0 Å². The zero-order valence-electron chi connectivity index (χ0n) is 11.9. The van der Waals surface area contributed by atoms with E-state index in [0.29, 0.717) is 6.04 Å². The standard InChI is InChI=1S/C16H25N3/c1-2-13-7-8-14(12-13)18-15-6-5-9-17-16(15)19-10-3-4-11-19/h5-6,9,13-14,18H,2-4,7-8,10-12H2,1H3. The van der Waals surface area contributed by atoms with Gasteiger partial charge in [-0.2, -0.15) is 0 Å². The van der Waals surface area contributed by atoms with Crippen LogP contribution in [0, 0.1) is 5.92 Å². The van der Waals surface area contributed by atoms with Crippen LogP contribution in [0.15, 0.2) is 18.3 Å². The van der Waals surface area contributed by atoms with Gasteiger partial charge >= 0.3 is 0 Å². The molecule has 0 radical (unpaired) electrons. The number of hydrogen-bond donors (Lipinski definition) is 1. The molecule has 1 N–H and O–H groups in total. The zero-order valence-corrected chi connectivity index (χ0v) is 11.9. The van der Waals surface area contributed by atoms with Crippen LogP contribution in [0.3, 0.4) is 0 Å². The summed E-state index contributed by atoms with van der Waals surface area (Å²) in [7, 11) is 0. The average Bonchev–Trinajstić information content (AvgIpc) is 3.10. The fourth-order valence-corrected chi connectivity index (χ4v) is 3.49. The molecular formula is C16H25N3. The van der Waals surface area contributed by atoms with Crippen LogP contribution in [-0.2, 0) is 0 Å². The molecular weight excluding hydrogens is 234 g/mol. The van der Waals surface area contributed by atoms with Gasteiger partial charge in [0.2, 0.25) is 0 Å². The molecule has 2 unspecified atom stereocenters. The molecule has 2 aliphatic rings. The van der Waals surface area contributed by atoms with E-state index in [2.05, 4.69) is 28.2 Å². The fourth-order valence-electron chi connectivity index (χ4n) is 3.49. The van der Waals surface area contributed by atoms with Gasteiger partial charge in [0.1, 0.15) is 0 Å². The third-order valence-electron chi connectivity index (χ3n) is 4.67. The smallest absolute Gasteiger partial charge is 0.151 e. The molecule has 1 saturated heterocycles. The van der Waals surface area contributed by atoms with E-state index in [4.69, 9.17) is 0 Å². The second kappa shape index (κ2) is 5.81. The minimum atomic E-state index is 0.649. The maximum absolute atomic E-state index is 4.61. The van der Waals surface area contributed by atoms with Crippen LogP contribution in [-0.4, -0.2) is 24.1 Å². The van der Waals surface area contributed by atoms with Crippen molar-refractivity contribution >= 4 is 11.5 Å². The number of pyridine rings is 1. The molecule has 1 aromatic rings. The molecule has 3 rings (SSSR count). The summed E-state index contributed by atoms with van der Waals surface area (Å²) in [4.78, 5) is 7.03. The summed E-state index contributed by atoms with van der Waals surface area (Å²) in [6, 6.07) is 4.89. The molecule has 1 saturated carbocycles. The van der Waals surface area contributed by atoms with Gasteiger partial charge in [-0.15, -0.1) is 0 Å². The molecule has 2 heterocycles. The Labute approximate surface area is 116 Å². The number of hydrogen-bond acceptors (Lipinski definition) is 3. The van der Waals surface area contributed by atoms with Crippen molar-refractivity contribution in [1.29, 1.82) is 0 Å². The van der Waals surface area contributed by atoms with Crippen molar-refractivity contribution in [2.24, 2.45) is 5.92 Å². The van der Waals surface area contributed by atoms with Crippen molar-refractivity contribution in [1.82, 2.24) is 4.98 Å². The summed E-state index contributed by atoms with van der Waals surface area (Å²) in [5.41, 5.74) is 1.24. The lowest BCUT2D eigenvalue weighted by molar-refractivity contribution is 0.525. The molecule has 1 aromatic heterocycles. The summed E-state index contributed by atoms with van der Waals surface area (Å²) in [5, 5.41) is 3.75. The Balaban J connectivity index is 1.70. The van der Waals surface area contributed by atoms with E-state index < -0.39 is 0 Å². The number of nitrogens with one attached hydrogen (secondary N) is 1. The third-order valence-corrected chi connectivity index (χ3v) is 4.67. The van der Waals surface area contributed by atoms with E-state index in [9.17, 15) is 0 Å². The van der Waals surface area contributed by atoms with Crippen LogP contribution in [0.4, 0.5) is 11.5 Å². The predicted octanol–water partition coefficient (Wildman–Crippen LogP) is 3.67. The third kappa shape index (κ3) is 2.85. The van der Waals surface area contributed by atoms with Gasteiger partial charge in [-0.3, -0.25) is 0 Å². The second-order valence-corrected chi connectivity index (χ2v) is 6.00. The first-order chi connectivity index (χ1) is 9.36. The molecule has 3 heteroatoms. The van der Waals surface area contributed by atoms with Gasteiger partial charge in [0.15, 0.2) is 5.82 Å². The highest BCUT2D eigenvalue weighted by Gasteiger charge is 2.25. The van der Waals surface area contributed by atoms with Crippen LogP contribution in [0.25, 0.3) is 0 Å². The molecule has 0 aromatic carbocycles. The molecule has 1 aliphatic carbocycles. The van der Waals surface area contributed by atoms with Crippen molar-refractivity contribution in [3.05, 3.63) is 18.3 Å². The van der Waals surface area contributed by atoms with E-state index >= 15 is 0 Å². The van der Waals surface area contributed by atoms with E-state index in [1.807, 2.05) is 12.3 Å². The van der Waals surface area contributed by atoms with Crippen molar-refractivity contribution in [3.63, 3.8) is 0 Å². The van der Waals surface area contributed by atoms with Gasteiger partial charge in [-0.1, -0.05) is 13.3 Å². The fraction of sp³-hybridized carbons (Fsp3) is 0.688. The quantitative estimate of drug-likeness (QED) is 0.894. The van der Waals surface area contributed by atoms with Gasteiger partial charge in [0, 0.05) is 25.3 Å². The summed E-state index contributed by atoms with van der Waals surface area (Å²) in [6.45, 7) is 4.63. The molecule has 1 aliphatic heterocycles. The van der Waals surface area contributed by atoms with E-state index in [-0.39, 0.29) is 0 Å².